The van der Waals surface area contributed by atoms with Gasteiger partial charge in [0.1, 0.15) is 23.0 Å². The Labute approximate surface area is 256 Å². The number of hydrogen-bond donors (Lipinski definition) is 2. The second-order valence-corrected chi connectivity index (χ2v) is 11.4. The number of carbonyl (C=O) groups excluding carboxylic acids is 1. The topological polar surface area (TPSA) is 82.1 Å². The van der Waals surface area contributed by atoms with E-state index in [1.165, 1.54) is 6.07 Å². The highest BCUT2D eigenvalue weighted by Crippen LogP contribution is 2.36. The molecule has 3 heterocycles. The fourth-order valence-electron chi connectivity index (χ4n) is 5.88. The molecule has 1 fully saturated rings. The Hall–Kier alpha value is -3.96. The van der Waals surface area contributed by atoms with Gasteiger partial charge < -0.3 is 20.3 Å². The fraction of sp³-hybridized carbons (Fsp3) is 0.424. The molecular weight excluding hydrogens is 569 g/mol. The van der Waals surface area contributed by atoms with Gasteiger partial charge >= 0.3 is 6.18 Å². The van der Waals surface area contributed by atoms with Crippen LogP contribution in [0.2, 0.25) is 0 Å². The van der Waals surface area contributed by atoms with Crippen LogP contribution in [-0.2, 0) is 30.4 Å². The number of aromatic nitrogens is 1. The predicted octanol–water partition coefficient (Wildman–Crippen LogP) is 5.37. The van der Waals surface area contributed by atoms with Crippen molar-refractivity contribution >= 4 is 17.4 Å². The van der Waals surface area contributed by atoms with Gasteiger partial charge in [0.05, 0.1) is 12.1 Å². The Morgan fingerprint density at radius 3 is 2.59 bits per heavy atom. The van der Waals surface area contributed by atoms with Crippen LogP contribution in [0.25, 0.3) is 0 Å². The minimum absolute atomic E-state index is 0. The Bertz CT molecular complexity index is 1520. The standard InChI is InChI=1S/C32H35F3N6O2.CH4/c1-40-12-14-41(15-13-40)20-23-4-6-25(18-28(23)32(33,34)35)39-31(42)22-3-2-21-5-7-26(17-24(21)16-22)43-27-8-9-36-29(19-27)30-37-10-11-38-30;/h4-9,17-19,22H,2-3,10-16,20H2,1H3,(H,37,38)(H,39,42);1H4. The number of piperazine rings is 1. The first-order valence-corrected chi connectivity index (χ1v) is 14.7. The summed E-state index contributed by atoms with van der Waals surface area (Å²) in [5, 5.41) is 5.97. The third-order valence-corrected chi connectivity index (χ3v) is 8.33. The van der Waals surface area contributed by atoms with Crippen LogP contribution in [0.15, 0.2) is 59.7 Å². The van der Waals surface area contributed by atoms with Gasteiger partial charge in [0, 0.05) is 63.1 Å². The first-order chi connectivity index (χ1) is 20.7. The summed E-state index contributed by atoms with van der Waals surface area (Å²) in [6.07, 6.45) is -1.03. The quantitative estimate of drug-likeness (QED) is 0.376. The lowest BCUT2D eigenvalue weighted by atomic mass is 9.83. The molecule has 2 aliphatic heterocycles. The van der Waals surface area contributed by atoms with E-state index in [0.29, 0.717) is 43.0 Å². The minimum atomic E-state index is -4.51. The molecule has 1 aromatic heterocycles. The number of anilines is 1. The molecule has 6 rings (SSSR count). The van der Waals surface area contributed by atoms with Crippen LogP contribution in [0.4, 0.5) is 18.9 Å². The highest BCUT2D eigenvalue weighted by Gasteiger charge is 2.35. The van der Waals surface area contributed by atoms with Crippen molar-refractivity contribution in [1.82, 2.24) is 20.1 Å². The van der Waals surface area contributed by atoms with Crippen molar-refractivity contribution < 1.29 is 22.7 Å². The number of nitrogens with zero attached hydrogens (tertiary/aromatic N) is 4. The van der Waals surface area contributed by atoms with Crippen molar-refractivity contribution in [2.24, 2.45) is 10.9 Å². The van der Waals surface area contributed by atoms with Crippen molar-refractivity contribution in [3.63, 3.8) is 0 Å². The van der Waals surface area contributed by atoms with E-state index in [1.807, 2.05) is 36.2 Å². The molecule has 11 heteroatoms. The molecule has 0 radical (unpaired) electrons. The van der Waals surface area contributed by atoms with Crippen LogP contribution in [0.1, 0.15) is 41.8 Å². The molecule has 1 unspecified atom stereocenters. The maximum atomic E-state index is 14.0. The third-order valence-electron chi connectivity index (χ3n) is 8.33. The summed E-state index contributed by atoms with van der Waals surface area (Å²) in [7, 11) is 2.01. The zero-order valence-electron chi connectivity index (χ0n) is 24.1. The number of benzene rings is 2. The van der Waals surface area contributed by atoms with Gasteiger partial charge in [-0.25, -0.2) is 0 Å². The lowest BCUT2D eigenvalue weighted by molar-refractivity contribution is -0.138. The number of fused-ring (bicyclic) bond motifs is 1. The smallest absolute Gasteiger partial charge is 0.416 e. The molecule has 0 spiro atoms. The Kier molecular flexibility index (Phi) is 9.55. The largest absolute Gasteiger partial charge is 0.457 e. The normalized spacial score (nSPS) is 18.9. The summed E-state index contributed by atoms with van der Waals surface area (Å²) in [4.78, 5) is 26.2. The lowest BCUT2D eigenvalue weighted by Gasteiger charge is -2.33. The summed E-state index contributed by atoms with van der Waals surface area (Å²) in [5.41, 5.74) is 2.54. The molecule has 234 valence electrons. The van der Waals surface area contributed by atoms with E-state index in [4.69, 9.17) is 4.74 Å². The van der Waals surface area contributed by atoms with Crippen molar-refractivity contribution in [1.29, 1.82) is 0 Å². The van der Waals surface area contributed by atoms with Gasteiger partial charge in [0.25, 0.3) is 0 Å². The molecule has 8 nitrogen and oxygen atoms in total. The van der Waals surface area contributed by atoms with Gasteiger partial charge in [0.15, 0.2) is 0 Å². The van der Waals surface area contributed by atoms with Crippen molar-refractivity contribution in [3.05, 3.63) is 82.7 Å². The van der Waals surface area contributed by atoms with Crippen LogP contribution >= 0.6 is 0 Å². The van der Waals surface area contributed by atoms with Crippen molar-refractivity contribution in [2.75, 3.05) is 51.6 Å². The number of aliphatic imine (C=N–C) groups is 1. The number of carbonyl (C=O) groups is 1. The number of hydrogen-bond acceptors (Lipinski definition) is 7. The first-order valence-electron chi connectivity index (χ1n) is 14.7. The van der Waals surface area contributed by atoms with Crippen LogP contribution in [0.5, 0.6) is 11.5 Å². The number of ether oxygens (including phenoxy) is 1. The molecule has 1 saturated heterocycles. The number of nitrogens with one attached hydrogen (secondary N) is 2. The fourth-order valence-corrected chi connectivity index (χ4v) is 5.88. The van der Waals surface area contributed by atoms with Crippen LogP contribution in [0.3, 0.4) is 0 Å². The number of amidine groups is 1. The molecule has 1 aliphatic carbocycles. The SMILES string of the molecule is C.CN1CCN(Cc2ccc(NC(=O)C3CCc4ccc(Oc5ccnc(C6=NCCN6)c5)cc4C3)cc2C(F)(F)F)CC1. The number of halogens is 3. The number of pyridine rings is 1. The maximum Gasteiger partial charge on any atom is 0.416 e. The lowest BCUT2D eigenvalue weighted by Crippen LogP contribution is -2.44. The van der Waals surface area contributed by atoms with E-state index in [1.54, 1.807) is 18.3 Å². The van der Waals surface area contributed by atoms with Crippen LogP contribution in [0, 0.1) is 5.92 Å². The van der Waals surface area contributed by atoms with Gasteiger partial charge in [-0.2, -0.15) is 13.2 Å². The van der Waals surface area contributed by atoms with E-state index < -0.39 is 11.7 Å². The molecule has 2 N–H and O–H groups in total. The van der Waals surface area contributed by atoms with Crippen molar-refractivity contribution in [2.45, 2.75) is 39.4 Å². The number of amides is 1. The van der Waals surface area contributed by atoms with Gasteiger partial charge in [-0.15, -0.1) is 0 Å². The van der Waals surface area contributed by atoms with Gasteiger partial charge in [-0.1, -0.05) is 19.6 Å². The summed E-state index contributed by atoms with van der Waals surface area (Å²) in [6, 6.07) is 13.6. The molecule has 1 amide bonds. The number of aryl methyl sites for hydroxylation is 1. The Morgan fingerprint density at radius 1 is 1.05 bits per heavy atom. The van der Waals surface area contributed by atoms with Crippen molar-refractivity contribution in [3.8, 4) is 11.5 Å². The van der Waals surface area contributed by atoms with E-state index >= 15 is 0 Å². The minimum Gasteiger partial charge on any atom is -0.457 e. The van der Waals surface area contributed by atoms with Crippen LogP contribution in [-0.4, -0.2) is 72.8 Å². The molecule has 3 aromatic rings. The zero-order chi connectivity index (χ0) is 30.0. The summed E-state index contributed by atoms with van der Waals surface area (Å²) >= 11 is 0. The Morgan fingerprint density at radius 2 is 1.84 bits per heavy atom. The third kappa shape index (κ3) is 7.39. The number of rotatable bonds is 7. The first kappa shape index (κ1) is 31.5. The summed E-state index contributed by atoms with van der Waals surface area (Å²) < 4.78 is 48.2. The average molecular weight is 609 g/mol. The molecular formula is C33H39F3N6O2. The second kappa shape index (κ2) is 13.4. The number of likely N-dealkylation sites (N-methyl/N-ethyl adjacent to an activating group) is 1. The van der Waals surface area contributed by atoms with E-state index in [-0.39, 0.29) is 37.0 Å². The van der Waals surface area contributed by atoms with Gasteiger partial charge in [-0.3, -0.25) is 19.7 Å². The monoisotopic (exact) mass is 608 g/mol. The highest BCUT2D eigenvalue weighted by molar-refractivity contribution is 5.98. The van der Waals surface area contributed by atoms with Gasteiger partial charge in [-0.05, 0) is 73.3 Å². The maximum absolute atomic E-state index is 14.0. The number of alkyl halides is 3. The molecule has 0 bridgehead atoms. The molecule has 0 saturated carbocycles. The van der Waals surface area contributed by atoms with E-state index in [0.717, 1.165) is 55.8 Å². The average Bonchev–Trinajstić information content (AvgIpc) is 3.54. The summed E-state index contributed by atoms with van der Waals surface area (Å²) in [6.45, 7) is 4.82. The highest BCUT2D eigenvalue weighted by atomic mass is 19.4. The van der Waals surface area contributed by atoms with E-state index in [9.17, 15) is 18.0 Å². The molecule has 2 aromatic carbocycles. The molecule has 1 atom stereocenters. The van der Waals surface area contributed by atoms with Gasteiger partial charge in [0.2, 0.25) is 5.91 Å². The van der Waals surface area contributed by atoms with Crippen LogP contribution < -0.4 is 15.4 Å². The van der Waals surface area contributed by atoms with E-state index in [2.05, 4.69) is 25.5 Å². The predicted molar refractivity (Wildman–Crippen MR) is 165 cm³/mol. The Balaban J connectivity index is 0.00000384. The summed E-state index contributed by atoms with van der Waals surface area (Å²) in [5.74, 6) is 1.38. The molecule has 44 heavy (non-hydrogen) atoms. The zero-order valence-corrected chi connectivity index (χ0v) is 24.1. The molecule has 3 aliphatic rings. The second-order valence-electron chi connectivity index (χ2n) is 11.4.